The summed E-state index contributed by atoms with van der Waals surface area (Å²) in [5, 5.41) is 0. The molecule has 2 aromatic rings. The minimum absolute atomic E-state index is 0.0951. The van der Waals surface area contributed by atoms with E-state index in [1.807, 2.05) is 0 Å². The third-order valence-corrected chi connectivity index (χ3v) is 5.90. The average molecular weight is 324 g/mol. The summed E-state index contributed by atoms with van der Waals surface area (Å²) in [4.78, 5) is 0. The fraction of sp³-hybridized carbons (Fsp3) is 0.455. The number of aryl methyl sites for hydroxylation is 4. The molecule has 2 heteroatoms. The maximum atomic E-state index is 6.04. The van der Waals surface area contributed by atoms with Crippen LogP contribution in [-0.2, 0) is 20.7 Å². The molecule has 24 heavy (non-hydrogen) atoms. The van der Waals surface area contributed by atoms with Gasteiger partial charge in [-0.3, -0.25) is 0 Å². The molecule has 0 aliphatic heterocycles. The standard InChI is InChI=1S/C22H28O2/c1-13-9-17-19(11-15(13)3)22(23-7,24-8)20-12-16(4)14(2)10-18(20)21(17,5)6/h9-12H,1-8H3. The topological polar surface area (TPSA) is 18.5 Å². The predicted octanol–water partition coefficient (Wildman–Crippen LogP) is 5.05. The van der Waals surface area contributed by atoms with Crippen molar-refractivity contribution in [2.45, 2.75) is 52.7 Å². The zero-order valence-electron chi connectivity index (χ0n) is 16.1. The van der Waals surface area contributed by atoms with E-state index in [1.54, 1.807) is 14.2 Å². The quantitative estimate of drug-likeness (QED) is 0.719. The summed E-state index contributed by atoms with van der Waals surface area (Å²) in [7, 11) is 3.47. The smallest absolute Gasteiger partial charge is 0.222 e. The lowest BCUT2D eigenvalue weighted by Gasteiger charge is -2.45. The second-order valence-corrected chi connectivity index (χ2v) is 7.61. The molecule has 128 valence electrons. The molecule has 0 saturated carbocycles. The van der Waals surface area contributed by atoms with Crippen molar-refractivity contribution in [1.29, 1.82) is 0 Å². The molecule has 0 saturated heterocycles. The van der Waals surface area contributed by atoms with E-state index < -0.39 is 5.79 Å². The average Bonchev–Trinajstić information content (AvgIpc) is 2.53. The van der Waals surface area contributed by atoms with Crippen LogP contribution in [0.1, 0.15) is 58.4 Å². The van der Waals surface area contributed by atoms with Gasteiger partial charge in [-0.05, 0) is 73.2 Å². The first kappa shape index (κ1) is 17.2. The van der Waals surface area contributed by atoms with Crippen LogP contribution in [-0.4, -0.2) is 14.2 Å². The molecule has 2 nitrogen and oxygen atoms in total. The maximum absolute atomic E-state index is 6.04. The molecule has 3 rings (SSSR count). The second-order valence-electron chi connectivity index (χ2n) is 7.61. The number of hydrogen-bond acceptors (Lipinski definition) is 2. The first-order chi connectivity index (χ1) is 11.2. The summed E-state index contributed by atoms with van der Waals surface area (Å²) in [6.45, 7) is 13.2. The summed E-state index contributed by atoms with van der Waals surface area (Å²) < 4.78 is 12.1. The minimum Gasteiger partial charge on any atom is -0.346 e. The van der Waals surface area contributed by atoms with Crippen LogP contribution in [0.5, 0.6) is 0 Å². The van der Waals surface area contributed by atoms with E-state index in [2.05, 4.69) is 65.8 Å². The Morgan fingerprint density at radius 2 is 0.875 bits per heavy atom. The van der Waals surface area contributed by atoms with E-state index >= 15 is 0 Å². The van der Waals surface area contributed by atoms with Crippen LogP contribution in [0.4, 0.5) is 0 Å². The van der Waals surface area contributed by atoms with Crippen LogP contribution in [0.3, 0.4) is 0 Å². The highest BCUT2D eigenvalue weighted by Crippen LogP contribution is 2.51. The summed E-state index contributed by atoms with van der Waals surface area (Å²) in [5.41, 5.74) is 9.83. The molecule has 0 bridgehead atoms. The van der Waals surface area contributed by atoms with Crippen molar-refractivity contribution in [1.82, 2.24) is 0 Å². The molecule has 0 atom stereocenters. The van der Waals surface area contributed by atoms with Gasteiger partial charge in [0, 0.05) is 30.8 Å². The van der Waals surface area contributed by atoms with Gasteiger partial charge in [0.25, 0.3) is 0 Å². The van der Waals surface area contributed by atoms with Gasteiger partial charge in [-0.1, -0.05) is 26.0 Å². The molecule has 0 amide bonds. The Kier molecular flexibility index (Phi) is 3.89. The van der Waals surface area contributed by atoms with Crippen molar-refractivity contribution in [3.05, 3.63) is 68.8 Å². The molecular weight excluding hydrogens is 296 g/mol. The van der Waals surface area contributed by atoms with Crippen molar-refractivity contribution >= 4 is 0 Å². The van der Waals surface area contributed by atoms with E-state index in [1.165, 1.54) is 33.4 Å². The lowest BCUT2D eigenvalue weighted by molar-refractivity contribution is -0.187. The summed E-state index contributed by atoms with van der Waals surface area (Å²) >= 11 is 0. The third-order valence-electron chi connectivity index (χ3n) is 5.90. The van der Waals surface area contributed by atoms with E-state index in [0.717, 1.165) is 11.1 Å². The molecular formula is C22H28O2. The zero-order valence-corrected chi connectivity index (χ0v) is 16.1. The van der Waals surface area contributed by atoms with Crippen LogP contribution in [0, 0.1) is 27.7 Å². The molecule has 0 N–H and O–H groups in total. The van der Waals surface area contributed by atoms with Gasteiger partial charge in [0.2, 0.25) is 5.79 Å². The van der Waals surface area contributed by atoms with Gasteiger partial charge in [0.1, 0.15) is 0 Å². The van der Waals surface area contributed by atoms with Crippen LogP contribution in [0.2, 0.25) is 0 Å². The highest BCUT2D eigenvalue weighted by molar-refractivity contribution is 5.60. The Morgan fingerprint density at radius 1 is 0.583 bits per heavy atom. The highest BCUT2D eigenvalue weighted by atomic mass is 16.7. The van der Waals surface area contributed by atoms with E-state index in [-0.39, 0.29) is 5.41 Å². The van der Waals surface area contributed by atoms with Gasteiger partial charge < -0.3 is 9.47 Å². The Balaban J connectivity index is 2.48. The SMILES string of the molecule is COC1(OC)c2cc(C)c(C)cc2C(C)(C)c2cc(C)c(C)cc21. The largest absolute Gasteiger partial charge is 0.346 e. The van der Waals surface area contributed by atoms with Crippen molar-refractivity contribution < 1.29 is 9.47 Å². The first-order valence-electron chi connectivity index (χ1n) is 8.53. The second kappa shape index (κ2) is 5.44. The molecule has 0 aromatic heterocycles. The molecule has 1 aliphatic rings. The van der Waals surface area contributed by atoms with Gasteiger partial charge in [-0.25, -0.2) is 0 Å². The van der Waals surface area contributed by atoms with Gasteiger partial charge in [-0.15, -0.1) is 0 Å². The van der Waals surface area contributed by atoms with E-state index in [9.17, 15) is 0 Å². The van der Waals surface area contributed by atoms with E-state index in [4.69, 9.17) is 9.47 Å². The van der Waals surface area contributed by atoms with Gasteiger partial charge in [0.05, 0.1) is 0 Å². The van der Waals surface area contributed by atoms with Gasteiger partial charge in [0.15, 0.2) is 0 Å². The van der Waals surface area contributed by atoms with Crippen LogP contribution < -0.4 is 0 Å². The monoisotopic (exact) mass is 324 g/mol. The van der Waals surface area contributed by atoms with Gasteiger partial charge in [-0.2, -0.15) is 0 Å². The molecule has 0 unspecified atom stereocenters. The number of methoxy groups -OCH3 is 2. The molecule has 0 fully saturated rings. The number of ether oxygens (including phenoxy) is 2. The Hall–Kier alpha value is -1.64. The van der Waals surface area contributed by atoms with Crippen molar-refractivity contribution in [2.24, 2.45) is 0 Å². The molecule has 1 aliphatic carbocycles. The number of benzene rings is 2. The van der Waals surface area contributed by atoms with Gasteiger partial charge >= 0.3 is 0 Å². The molecule has 2 aromatic carbocycles. The van der Waals surface area contributed by atoms with Crippen LogP contribution in [0.25, 0.3) is 0 Å². The normalized spacial score (nSPS) is 17.3. The van der Waals surface area contributed by atoms with E-state index in [0.29, 0.717) is 0 Å². The lowest BCUT2D eigenvalue weighted by Crippen LogP contribution is -2.43. The Morgan fingerprint density at radius 3 is 1.17 bits per heavy atom. The maximum Gasteiger partial charge on any atom is 0.222 e. The molecule has 0 radical (unpaired) electrons. The molecule has 0 spiro atoms. The lowest BCUT2D eigenvalue weighted by atomic mass is 9.65. The Bertz CT molecular complexity index is 748. The fourth-order valence-electron chi connectivity index (χ4n) is 4.02. The van der Waals surface area contributed by atoms with Crippen molar-refractivity contribution in [3.63, 3.8) is 0 Å². The number of hydrogen-bond donors (Lipinski definition) is 0. The van der Waals surface area contributed by atoms with Crippen molar-refractivity contribution in [2.75, 3.05) is 14.2 Å². The summed E-state index contributed by atoms with van der Waals surface area (Å²) in [6, 6.07) is 9.07. The van der Waals surface area contributed by atoms with Crippen LogP contribution >= 0.6 is 0 Å². The minimum atomic E-state index is -0.850. The van der Waals surface area contributed by atoms with Crippen LogP contribution in [0.15, 0.2) is 24.3 Å². The zero-order chi connectivity index (χ0) is 17.9. The number of rotatable bonds is 2. The Labute approximate surface area is 145 Å². The summed E-state index contributed by atoms with van der Waals surface area (Å²) in [6.07, 6.45) is 0. The highest BCUT2D eigenvalue weighted by Gasteiger charge is 2.48. The predicted molar refractivity (Wildman–Crippen MR) is 98.8 cm³/mol. The van der Waals surface area contributed by atoms with Crippen molar-refractivity contribution in [3.8, 4) is 0 Å². The summed E-state index contributed by atoms with van der Waals surface area (Å²) in [5.74, 6) is -0.850. The number of fused-ring (bicyclic) bond motifs is 2. The molecule has 0 heterocycles. The first-order valence-corrected chi connectivity index (χ1v) is 8.53. The fourth-order valence-corrected chi connectivity index (χ4v) is 4.02. The third kappa shape index (κ3) is 2.09.